The van der Waals surface area contributed by atoms with Crippen molar-refractivity contribution in [3.8, 4) is 0 Å². The molecular weight excluding hydrogens is 516 g/mol. The van der Waals surface area contributed by atoms with E-state index in [0.29, 0.717) is 36.2 Å². The molecule has 0 spiro atoms. The Morgan fingerprint density at radius 2 is 1.60 bits per heavy atom. The van der Waals surface area contributed by atoms with Gasteiger partial charge < -0.3 is 10.2 Å². The Bertz CT molecular complexity index is 1160. The van der Waals surface area contributed by atoms with Gasteiger partial charge in [-0.05, 0) is 143 Å². The van der Waals surface area contributed by atoms with Crippen LogP contribution in [0.2, 0.25) is 0 Å². The molecule has 0 saturated heterocycles. The summed E-state index contributed by atoms with van der Waals surface area (Å²) in [5, 5.41) is 20.8. The van der Waals surface area contributed by atoms with Crippen LogP contribution < -0.4 is 0 Å². The van der Waals surface area contributed by atoms with Gasteiger partial charge >= 0.3 is 5.97 Å². The van der Waals surface area contributed by atoms with Crippen molar-refractivity contribution in [1.82, 2.24) is 0 Å². The van der Waals surface area contributed by atoms with Crippen molar-refractivity contribution in [3.63, 3.8) is 0 Å². The van der Waals surface area contributed by atoms with Gasteiger partial charge in [0.2, 0.25) is 0 Å². The minimum Gasteiger partial charge on any atom is -0.481 e. The van der Waals surface area contributed by atoms with Crippen molar-refractivity contribution in [2.75, 3.05) is 6.61 Å². The van der Waals surface area contributed by atoms with E-state index in [1.165, 1.54) is 48.0 Å². The first kappa shape index (κ1) is 31.8. The van der Waals surface area contributed by atoms with Crippen LogP contribution in [0.4, 0.5) is 0 Å². The van der Waals surface area contributed by atoms with Crippen LogP contribution in [0.15, 0.2) is 47.6 Å². The summed E-state index contributed by atoms with van der Waals surface area (Å²) >= 11 is 0. The molecule has 2 unspecified atom stereocenters. The number of carbonyl (C=O) groups is 1. The van der Waals surface area contributed by atoms with E-state index in [0.717, 1.165) is 57.8 Å². The van der Waals surface area contributed by atoms with Gasteiger partial charge in [-0.3, -0.25) is 4.79 Å². The second-order valence-corrected chi connectivity index (χ2v) is 16.6. The number of allylic oxidation sites excluding steroid dienone is 6. The van der Waals surface area contributed by atoms with Gasteiger partial charge in [0.05, 0.1) is 5.41 Å². The van der Waals surface area contributed by atoms with Gasteiger partial charge in [-0.25, -0.2) is 0 Å². The van der Waals surface area contributed by atoms with Crippen LogP contribution in [0.3, 0.4) is 0 Å². The summed E-state index contributed by atoms with van der Waals surface area (Å²) in [7, 11) is 0. The lowest BCUT2D eigenvalue weighted by atomic mass is 9.43. The number of aliphatic hydroxyl groups is 1. The van der Waals surface area contributed by atoms with Crippen molar-refractivity contribution in [1.29, 1.82) is 0 Å². The summed E-state index contributed by atoms with van der Waals surface area (Å²) in [6, 6.07) is 0. The van der Waals surface area contributed by atoms with Crippen molar-refractivity contribution in [3.05, 3.63) is 47.6 Å². The fourth-order valence-corrected chi connectivity index (χ4v) is 12.1. The van der Waals surface area contributed by atoms with Crippen molar-refractivity contribution >= 4 is 5.97 Å². The van der Waals surface area contributed by atoms with Crippen LogP contribution in [-0.4, -0.2) is 22.8 Å². The van der Waals surface area contributed by atoms with Gasteiger partial charge in [0, 0.05) is 6.61 Å². The highest BCUT2D eigenvalue weighted by atomic mass is 16.4. The number of carboxylic acid groups (broad SMARTS) is 1. The molecule has 0 aromatic carbocycles. The summed E-state index contributed by atoms with van der Waals surface area (Å²) in [6.07, 6.45) is 19.0. The molecule has 0 heterocycles. The summed E-state index contributed by atoms with van der Waals surface area (Å²) < 4.78 is 0. The Balaban J connectivity index is 1.45. The van der Waals surface area contributed by atoms with Gasteiger partial charge in [-0.15, -0.1) is 0 Å². The number of aliphatic carboxylic acids is 1. The highest BCUT2D eigenvalue weighted by Crippen LogP contribution is 2.65. The normalized spacial score (nSPS) is 46.5. The summed E-state index contributed by atoms with van der Waals surface area (Å²) in [6.45, 7) is 23.7. The third-order valence-electron chi connectivity index (χ3n) is 14.4. The first-order chi connectivity index (χ1) is 19.7. The molecule has 0 aromatic heterocycles. The molecule has 3 nitrogen and oxygen atoms in total. The zero-order chi connectivity index (χ0) is 30.7. The van der Waals surface area contributed by atoms with Gasteiger partial charge in [0.15, 0.2) is 0 Å². The number of hydrogen-bond acceptors (Lipinski definition) is 2. The van der Waals surface area contributed by atoms with Gasteiger partial charge in [-0.1, -0.05) is 81.2 Å². The summed E-state index contributed by atoms with van der Waals surface area (Å²) in [4.78, 5) is 12.7. The minimum atomic E-state index is -0.644. The van der Waals surface area contributed by atoms with Crippen molar-refractivity contribution in [2.24, 2.45) is 57.2 Å². The third kappa shape index (κ3) is 4.93. The van der Waals surface area contributed by atoms with E-state index in [1.807, 2.05) is 6.92 Å². The number of carboxylic acids is 1. The number of hydrogen-bond donors (Lipinski definition) is 2. The topological polar surface area (TPSA) is 57.5 Å². The molecule has 0 aromatic rings. The van der Waals surface area contributed by atoms with Crippen LogP contribution in [0.1, 0.15) is 125 Å². The molecule has 5 aliphatic carbocycles. The van der Waals surface area contributed by atoms with E-state index < -0.39 is 11.4 Å². The molecule has 4 saturated carbocycles. The molecule has 0 aliphatic heterocycles. The highest BCUT2D eigenvalue weighted by Gasteiger charge is 2.60. The molecule has 3 heteroatoms. The Kier molecular flexibility index (Phi) is 8.63. The second kappa shape index (κ2) is 11.4. The molecule has 0 amide bonds. The molecule has 5 rings (SSSR count). The molecule has 42 heavy (non-hydrogen) atoms. The Labute approximate surface area is 257 Å². The van der Waals surface area contributed by atoms with Gasteiger partial charge in [0.1, 0.15) is 0 Å². The largest absolute Gasteiger partial charge is 0.481 e. The van der Waals surface area contributed by atoms with Gasteiger partial charge in [0.25, 0.3) is 0 Å². The van der Waals surface area contributed by atoms with Gasteiger partial charge in [-0.2, -0.15) is 0 Å². The predicted molar refractivity (Wildman–Crippen MR) is 174 cm³/mol. The van der Waals surface area contributed by atoms with Crippen LogP contribution in [0, 0.1) is 57.2 Å². The SMILES string of the molecule is C=C1CCC2[C@](C)(C(=O)O)CCC[C@]2(C)[C@H]1[C@@H]1C(C)=CCC[C@@H]1/C(C)=C/C[C@H]1C(=C)CCC2[C@](C)(CO)CCC[C@@]21C. The quantitative estimate of drug-likeness (QED) is 0.309. The maximum absolute atomic E-state index is 12.7. The first-order valence-electron chi connectivity index (χ1n) is 17.3. The molecule has 0 radical (unpaired) electrons. The average molecular weight is 577 g/mol. The minimum absolute atomic E-state index is 0.0266. The van der Waals surface area contributed by atoms with Crippen LogP contribution in [-0.2, 0) is 4.79 Å². The van der Waals surface area contributed by atoms with E-state index in [-0.39, 0.29) is 22.2 Å². The maximum Gasteiger partial charge on any atom is 0.309 e. The zero-order valence-corrected chi connectivity index (χ0v) is 27.7. The maximum atomic E-state index is 12.7. The molecule has 2 N–H and O–H groups in total. The molecular formula is C39H60O3. The molecule has 234 valence electrons. The predicted octanol–water partition coefficient (Wildman–Crippen LogP) is 9.93. The van der Waals surface area contributed by atoms with E-state index >= 15 is 0 Å². The Hall–Kier alpha value is -1.61. The highest BCUT2D eigenvalue weighted by molar-refractivity contribution is 5.75. The van der Waals surface area contributed by atoms with E-state index in [4.69, 9.17) is 6.58 Å². The molecule has 10 atom stereocenters. The van der Waals surface area contributed by atoms with E-state index in [1.54, 1.807) is 0 Å². The average Bonchev–Trinajstić information content (AvgIpc) is 2.92. The molecule has 5 aliphatic rings. The first-order valence-corrected chi connectivity index (χ1v) is 17.3. The Morgan fingerprint density at radius 1 is 0.952 bits per heavy atom. The Morgan fingerprint density at radius 3 is 2.29 bits per heavy atom. The smallest absolute Gasteiger partial charge is 0.309 e. The lowest BCUT2D eigenvalue weighted by Gasteiger charge is -2.60. The van der Waals surface area contributed by atoms with Crippen molar-refractivity contribution < 1.29 is 15.0 Å². The zero-order valence-electron chi connectivity index (χ0n) is 27.7. The number of rotatable bonds is 6. The lowest BCUT2D eigenvalue weighted by Crippen LogP contribution is -2.55. The molecule has 4 fully saturated rings. The fourth-order valence-electron chi connectivity index (χ4n) is 12.1. The van der Waals surface area contributed by atoms with E-state index in [2.05, 4.69) is 53.3 Å². The third-order valence-corrected chi connectivity index (χ3v) is 14.4. The van der Waals surface area contributed by atoms with Crippen LogP contribution in [0.5, 0.6) is 0 Å². The monoisotopic (exact) mass is 576 g/mol. The van der Waals surface area contributed by atoms with Crippen LogP contribution >= 0.6 is 0 Å². The van der Waals surface area contributed by atoms with E-state index in [9.17, 15) is 15.0 Å². The second-order valence-electron chi connectivity index (χ2n) is 16.6. The van der Waals surface area contributed by atoms with Crippen LogP contribution in [0.25, 0.3) is 0 Å². The lowest BCUT2D eigenvalue weighted by molar-refractivity contribution is -0.165. The number of fused-ring (bicyclic) bond motifs is 2. The molecule has 0 bridgehead atoms. The van der Waals surface area contributed by atoms with Crippen molar-refractivity contribution in [2.45, 2.75) is 125 Å². The fraction of sp³-hybridized carbons (Fsp3) is 0.769. The standard InChI is InChI=1S/C39H60O3/c1-25(14-17-30-26(2)15-18-31-36(5,24-40)20-10-21-37(30,31)6)29-13-9-12-27(3)33(29)34-28(4)16-19-32-38(34,7)22-11-23-39(32,8)35(41)42/h12,14,29-34,40H,2,4,9-11,13,15-24H2,1,3,5-8H3,(H,41,42)/b25-14+/t29-,30+,31?,32?,33-,34-,36+,37-,38+,39-/m1/s1. The number of aliphatic hydroxyl groups excluding tert-OH is 1. The summed E-state index contributed by atoms with van der Waals surface area (Å²) in [5.41, 5.74) is 5.34. The summed E-state index contributed by atoms with van der Waals surface area (Å²) in [5.74, 6) is 1.82.